The number of nitrogens with two attached hydrogens (primary N) is 4. The van der Waals surface area contributed by atoms with Crippen LogP contribution in [0.25, 0.3) is 12.4 Å². The minimum absolute atomic E-state index is 0.0312. The van der Waals surface area contributed by atoms with Crippen molar-refractivity contribution in [2.24, 2.45) is 70.3 Å². The van der Waals surface area contributed by atoms with Gasteiger partial charge in [-0.1, -0.05) is 160 Å². The Balaban J connectivity index is 0.00000110. The van der Waals surface area contributed by atoms with Gasteiger partial charge >= 0.3 is 0 Å². The van der Waals surface area contributed by atoms with Gasteiger partial charge in [0.15, 0.2) is 0 Å². The summed E-state index contributed by atoms with van der Waals surface area (Å²) in [7, 11) is 1.50. The third kappa shape index (κ3) is 20.5. The standard InChI is InChI=1S/C30H46O3.C15H24N2O.C15H25NO.CH5N.CH3N/c1-18(2)29(19(3)4)32-27-13-11-12-24(23(27)10)16-26-22(9)25(17-31)14-15-28(26)33-30(20(5)6)21(7)8;1-9(2)14(10(3)4)18-12-8-6-7-11(5)13(12)15(16)17;1-10(2)15(11(3)4)17-14-8-6-7-12(5)13(14)9-16;2*1-2/h11-15,18-21,29-31H,16-17H2,1-10H3;6-10,14H,5,16-17H2,1-4H3;6-8,10-11,15H,9,16H2,1-5H3;2H2,1H3;2H,1H2. The first-order valence-electron chi connectivity index (χ1n) is 26.3. The third-order valence-corrected chi connectivity index (χ3v) is 12.9. The van der Waals surface area contributed by atoms with E-state index >= 15 is 0 Å². The fourth-order valence-electron chi connectivity index (χ4n) is 9.26. The van der Waals surface area contributed by atoms with Gasteiger partial charge < -0.3 is 52.4 Å². The van der Waals surface area contributed by atoms with Gasteiger partial charge in [-0.3, -0.25) is 0 Å². The van der Waals surface area contributed by atoms with Crippen LogP contribution in [0.5, 0.6) is 23.0 Å². The molecule has 4 aromatic carbocycles. The van der Waals surface area contributed by atoms with E-state index in [0.29, 0.717) is 59.1 Å². The summed E-state index contributed by atoms with van der Waals surface area (Å²) in [5, 5.41) is 16.9. The number of ether oxygens (including phenoxy) is 4. The molecule has 0 amide bonds. The number of hydrogen-bond acceptors (Lipinski definition) is 10. The highest BCUT2D eigenvalue weighted by Gasteiger charge is 2.25. The molecule has 406 valence electrons. The lowest BCUT2D eigenvalue weighted by atomic mass is 9.92. The summed E-state index contributed by atoms with van der Waals surface area (Å²) in [6.07, 6.45) is 1.42. The fourth-order valence-corrected chi connectivity index (χ4v) is 9.26. The molecule has 0 aliphatic heterocycles. The molecule has 0 aliphatic rings. The first kappa shape index (κ1) is 67.0. The Hall–Kier alpha value is -5.03. The summed E-state index contributed by atoms with van der Waals surface area (Å²) in [4.78, 5) is 0. The van der Waals surface area contributed by atoms with E-state index in [4.69, 9.17) is 41.6 Å². The number of aryl methyl sites for hydroxylation is 1. The smallest absolute Gasteiger partial charge is 0.131 e. The van der Waals surface area contributed by atoms with Crippen molar-refractivity contribution in [3.63, 3.8) is 0 Å². The van der Waals surface area contributed by atoms with Crippen LogP contribution in [0.1, 0.15) is 150 Å². The van der Waals surface area contributed by atoms with Crippen LogP contribution in [-0.2, 0) is 19.6 Å². The van der Waals surface area contributed by atoms with E-state index in [9.17, 15) is 5.11 Å². The van der Waals surface area contributed by atoms with Gasteiger partial charge in [-0.15, -0.1) is 0 Å². The zero-order valence-electron chi connectivity index (χ0n) is 48.7. The van der Waals surface area contributed by atoms with Gasteiger partial charge in [0, 0.05) is 24.1 Å². The molecule has 10 heteroatoms. The number of hydrogen-bond donors (Lipinski definition) is 6. The maximum Gasteiger partial charge on any atom is 0.131 e. The number of benzene rings is 4. The van der Waals surface area contributed by atoms with Crippen LogP contribution in [0.3, 0.4) is 0 Å². The molecule has 0 saturated carbocycles. The molecular weight excluding hydrogens is 895 g/mol. The minimum atomic E-state index is 0.0312. The molecule has 4 rings (SSSR count). The van der Waals surface area contributed by atoms with Crippen molar-refractivity contribution in [2.75, 3.05) is 7.05 Å². The van der Waals surface area contributed by atoms with E-state index in [1.54, 1.807) is 0 Å². The molecule has 4 aromatic rings. The predicted octanol–water partition coefficient (Wildman–Crippen LogP) is 12.0. The monoisotopic (exact) mass is 998 g/mol. The summed E-state index contributed by atoms with van der Waals surface area (Å²) in [5.74, 6) is 7.36. The highest BCUT2D eigenvalue weighted by atomic mass is 16.5. The highest BCUT2D eigenvalue weighted by Crippen LogP contribution is 2.34. The van der Waals surface area contributed by atoms with Crippen molar-refractivity contribution >= 4 is 19.1 Å². The van der Waals surface area contributed by atoms with Crippen LogP contribution < -0.4 is 52.3 Å². The largest absolute Gasteiger partial charge is 0.490 e. The van der Waals surface area contributed by atoms with Gasteiger partial charge in [0.25, 0.3) is 0 Å². The molecule has 0 spiro atoms. The quantitative estimate of drug-likeness (QED) is 0.0469. The van der Waals surface area contributed by atoms with Gasteiger partial charge in [-0.25, -0.2) is 0 Å². The Kier molecular flexibility index (Phi) is 31.3. The molecule has 0 unspecified atom stereocenters. The maximum atomic E-state index is 9.90. The number of aliphatic hydroxyl groups is 1. The minimum Gasteiger partial charge on any atom is -0.490 e. The lowest BCUT2D eigenvalue weighted by Gasteiger charge is -2.29. The highest BCUT2D eigenvalue weighted by molar-refractivity contribution is 5.50. The second-order valence-electron chi connectivity index (χ2n) is 21.5. The summed E-state index contributed by atoms with van der Waals surface area (Å²) in [6, 6.07) is 22.2. The zero-order valence-corrected chi connectivity index (χ0v) is 48.7. The van der Waals surface area contributed by atoms with Gasteiger partial charge in [-0.2, -0.15) is 0 Å². The average molecular weight is 999 g/mol. The van der Waals surface area contributed by atoms with E-state index in [1.807, 2.05) is 42.5 Å². The van der Waals surface area contributed by atoms with Crippen molar-refractivity contribution in [1.29, 1.82) is 5.41 Å². The molecule has 0 atom stereocenters. The van der Waals surface area contributed by atoms with Crippen molar-refractivity contribution < 1.29 is 24.1 Å². The molecule has 0 radical (unpaired) electrons. The van der Waals surface area contributed by atoms with E-state index in [1.165, 1.54) is 23.7 Å². The summed E-state index contributed by atoms with van der Waals surface area (Å²) < 4.78 is 25.4. The van der Waals surface area contributed by atoms with Crippen LogP contribution in [0.4, 0.5) is 0 Å². The molecular formula is C62H103N5O5. The second-order valence-corrected chi connectivity index (χ2v) is 21.5. The predicted molar refractivity (Wildman–Crippen MR) is 309 cm³/mol. The van der Waals surface area contributed by atoms with Crippen LogP contribution in [0, 0.1) is 73.5 Å². The van der Waals surface area contributed by atoms with E-state index in [0.717, 1.165) is 56.9 Å². The normalized spacial score (nSPS) is 11.3. The number of nitrogens with one attached hydrogen (secondary N) is 1. The van der Waals surface area contributed by atoms with E-state index in [2.05, 4.69) is 175 Å². The first-order chi connectivity index (χ1) is 33.8. The van der Waals surface area contributed by atoms with Crippen molar-refractivity contribution in [1.82, 2.24) is 0 Å². The molecule has 0 bridgehead atoms. The van der Waals surface area contributed by atoms with Gasteiger partial charge in [0.1, 0.15) is 53.2 Å². The molecule has 10 N–H and O–H groups in total. The van der Waals surface area contributed by atoms with Gasteiger partial charge in [-0.05, 0) is 139 Å². The Morgan fingerprint density at radius 1 is 0.486 bits per heavy atom. The second kappa shape index (κ2) is 33.6. The molecule has 72 heavy (non-hydrogen) atoms. The SMILES string of the molecule is C=N.C=c1cccc(OC(C(C)C)C(C)C)c1=C(N)N.CN.Cc1c(Cc2c(OC(C(C)C)C(C)C)ccc(CO)c2C)cccc1OC(C(C)C)C(C)C.Cc1cccc(OC(C(C)C)C(C)C)c1CN. The molecule has 0 fully saturated rings. The van der Waals surface area contributed by atoms with Gasteiger partial charge in [0.2, 0.25) is 0 Å². The Bertz CT molecular complexity index is 2230. The van der Waals surface area contributed by atoms with Crippen molar-refractivity contribution in [3.05, 3.63) is 116 Å². The fraction of sp³-hybridized carbons (Fsp3) is 0.565. The average Bonchev–Trinajstić information content (AvgIpc) is 3.31. The van der Waals surface area contributed by atoms with Crippen LogP contribution in [0.15, 0.2) is 66.7 Å². The van der Waals surface area contributed by atoms with Gasteiger partial charge in [0.05, 0.1) is 11.8 Å². The van der Waals surface area contributed by atoms with Crippen LogP contribution >= 0.6 is 0 Å². The first-order valence-corrected chi connectivity index (χ1v) is 26.3. The number of aliphatic hydroxyl groups excluding tert-OH is 1. The van der Waals surface area contributed by atoms with Crippen molar-refractivity contribution in [3.8, 4) is 23.0 Å². The van der Waals surface area contributed by atoms with E-state index in [-0.39, 0.29) is 36.8 Å². The summed E-state index contributed by atoms with van der Waals surface area (Å²) in [5.41, 5.74) is 29.7. The summed E-state index contributed by atoms with van der Waals surface area (Å²) in [6.45, 7) is 48.4. The van der Waals surface area contributed by atoms with Crippen molar-refractivity contribution in [2.45, 2.75) is 176 Å². The molecule has 0 heterocycles. The third-order valence-electron chi connectivity index (χ3n) is 12.9. The topological polar surface area (TPSA) is 185 Å². The molecule has 0 saturated heterocycles. The molecule has 10 nitrogen and oxygen atoms in total. The lowest BCUT2D eigenvalue weighted by Crippen LogP contribution is -2.37. The van der Waals surface area contributed by atoms with Crippen LogP contribution in [0.2, 0.25) is 0 Å². The molecule has 0 aromatic heterocycles. The Morgan fingerprint density at radius 3 is 1.25 bits per heavy atom. The molecule has 0 aliphatic carbocycles. The lowest BCUT2D eigenvalue weighted by molar-refractivity contribution is 0.103. The summed E-state index contributed by atoms with van der Waals surface area (Å²) >= 11 is 0. The maximum absolute atomic E-state index is 9.90. The Morgan fingerprint density at radius 2 is 0.847 bits per heavy atom. The zero-order chi connectivity index (χ0) is 55.7. The van der Waals surface area contributed by atoms with E-state index < -0.39 is 0 Å². The van der Waals surface area contributed by atoms with Crippen LogP contribution in [-0.4, -0.2) is 43.3 Å². The number of rotatable bonds is 20. The Labute approximate surface area is 438 Å².